The van der Waals surface area contributed by atoms with Gasteiger partial charge in [0, 0.05) is 60.3 Å². The van der Waals surface area contributed by atoms with E-state index in [4.69, 9.17) is 0 Å². The summed E-state index contributed by atoms with van der Waals surface area (Å²) in [6, 6.07) is 7.53. The number of pyridine rings is 3. The summed E-state index contributed by atoms with van der Waals surface area (Å²) in [5, 5.41) is 0. The molecule has 6 heteroatoms. The predicted octanol–water partition coefficient (Wildman–Crippen LogP) is 3.37. The second-order valence-corrected chi connectivity index (χ2v) is 6.65. The van der Waals surface area contributed by atoms with Crippen LogP contribution in [-0.4, -0.2) is 32.3 Å². The molecule has 0 aliphatic carbocycles. The smallest absolute Gasteiger partial charge is 0.255 e. The number of hydrogen-bond acceptors (Lipinski definition) is 4. The van der Waals surface area contributed by atoms with E-state index in [1.54, 1.807) is 29.7 Å². The van der Waals surface area contributed by atoms with E-state index in [1.807, 2.05) is 45.0 Å². The van der Waals surface area contributed by atoms with E-state index in [0.29, 0.717) is 30.6 Å². The highest BCUT2D eigenvalue weighted by Gasteiger charge is 2.17. The van der Waals surface area contributed by atoms with Crippen LogP contribution >= 0.6 is 0 Å². The zero-order valence-corrected chi connectivity index (χ0v) is 16.4. The van der Waals surface area contributed by atoms with Crippen molar-refractivity contribution in [2.24, 2.45) is 0 Å². The van der Waals surface area contributed by atoms with Gasteiger partial charge in [0.05, 0.1) is 5.56 Å². The molecule has 3 aromatic heterocycles. The lowest BCUT2D eigenvalue weighted by Crippen LogP contribution is -2.30. The number of hydrogen-bond donors (Lipinski definition) is 1. The third-order valence-corrected chi connectivity index (χ3v) is 4.78. The summed E-state index contributed by atoms with van der Waals surface area (Å²) >= 11 is 0. The number of aromatic amines is 1. The lowest BCUT2D eigenvalue weighted by Gasteiger charge is -2.21. The molecule has 0 saturated heterocycles. The van der Waals surface area contributed by atoms with Gasteiger partial charge in [-0.25, -0.2) is 0 Å². The highest BCUT2D eigenvalue weighted by atomic mass is 16.2. The minimum Gasteiger partial charge on any atom is -0.335 e. The van der Waals surface area contributed by atoms with E-state index in [2.05, 4.69) is 15.0 Å². The van der Waals surface area contributed by atoms with E-state index < -0.39 is 0 Å². The van der Waals surface area contributed by atoms with Crippen molar-refractivity contribution in [1.29, 1.82) is 0 Å². The molecule has 0 spiro atoms. The molecule has 1 amide bonds. The van der Waals surface area contributed by atoms with E-state index >= 15 is 0 Å². The van der Waals surface area contributed by atoms with Gasteiger partial charge in [-0.3, -0.25) is 19.6 Å². The highest BCUT2D eigenvalue weighted by molar-refractivity contribution is 5.95. The van der Waals surface area contributed by atoms with Gasteiger partial charge < -0.3 is 9.88 Å². The first-order valence-electron chi connectivity index (χ1n) is 9.39. The van der Waals surface area contributed by atoms with Crippen LogP contribution in [0.2, 0.25) is 0 Å². The van der Waals surface area contributed by atoms with E-state index in [1.165, 1.54) is 0 Å². The van der Waals surface area contributed by atoms with Gasteiger partial charge in [0.1, 0.15) is 0 Å². The van der Waals surface area contributed by atoms with Gasteiger partial charge in [0.25, 0.3) is 11.5 Å². The van der Waals surface area contributed by atoms with E-state index in [0.717, 1.165) is 22.4 Å². The maximum Gasteiger partial charge on any atom is 0.255 e. The Hall–Kier alpha value is -3.28. The van der Waals surface area contributed by atoms with Crippen LogP contribution in [0.4, 0.5) is 0 Å². The van der Waals surface area contributed by atoms with E-state index in [-0.39, 0.29) is 11.5 Å². The standard InChI is InChI=1S/C22H24N4O2/c1-4-17-11-20(15(3)25-21(17)27)18-10-19(13-24-12-18)22(28)26(5-2)14-16-6-8-23-9-7-16/h6-13H,4-5,14H2,1-3H3,(H,25,27). The molecule has 0 bridgehead atoms. The molecule has 0 aliphatic rings. The summed E-state index contributed by atoms with van der Waals surface area (Å²) in [7, 11) is 0. The molecule has 0 saturated carbocycles. The second kappa shape index (κ2) is 8.61. The number of H-pyrrole nitrogens is 1. The summed E-state index contributed by atoms with van der Waals surface area (Å²) in [5.74, 6) is -0.0774. The van der Waals surface area contributed by atoms with Crippen LogP contribution in [-0.2, 0) is 13.0 Å². The largest absolute Gasteiger partial charge is 0.335 e. The Kier molecular flexibility index (Phi) is 5.99. The van der Waals surface area contributed by atoms with Crippen molar-refractivity contribution < 1.29 is 4.79 Å². The fourth-order valence-corrected chi connectivity index (χ4v) is 3.15. The molecule has 1 N–H and O–H groups in total. The van der Waals surface area contributed by atoms with Gasteiger partial charge in [0.2, 0.25) is 0 Å². The highest BCUT2D eigenvalue weighted by Crippen LogP contribution is 2.23. The number of carbonyl (C=O) groups excluding carboxylic acids is 1. The normalized spacial score (nSPS) is 10.7. The third kappa shape index (κ3) is 4.17. The number of nitrogens with zero attached hydrogens (tertiary/aromatic N) is 3. The zero-order chi connectivity index (χ0) is 20.1. The molecule has 0 radical (unpaired) electrons. The van der Waals surface area contributed by atoms with Crippen LogP contribution in [0.3, 0.4) is 0 Å². The van der Waals surface area contributed by atoms with Crippen molar-refractivity contribution in [3.05, 3.63) is 81.8 Å². The first-order valence-corrected chi connectivity index (χ1v) is 9.39. The average Bonchev–Trinajstić information content (AvgIpc) is 2.72. The minimum atomic E-state index is -0.0774. The molecule has 0 aliphatic heterocycles. The molecular formula is C22H24N4O2. The van der Waals surface area contributed by atoms with Crippen molar-refractivity contribution in [2.75, 3.05) is 6.54 Å². The van der Waals surface area contributed by atoms with Gasteiger partial charge in [-0.05, 0) is 50.1 Å². The predicted molar refractivity (Wildman–Crippen MR) is 109 cm³/mol. The number of nitrogens with one attached hydrogen (secondary N) is 1. The van der Waals surface area contributed by atoms with Crippen LogP contribution in [0.1, 0.15) is 41.0 Å². The van der Waals surface area contributed by atoms with Gasteiger partial charge in [-0.1, -0.05) is 6.92 Å². The van der Waals surface area contributed by atoms with E-state index in [9.17, 15) is 9.59 Å². The number of carbonyl (C=O) groups is 1. The summed E-state index contributed by atoms with van der Waals surface area (Å²) in [4.78, 5) is 38.0. The Morgan fingerprint density at radius 2 is 1.86 bits per heavy atom. The first kappa shape index (κ1) is 19.5. The second-order valence-electron chi connectivity index (χ2n) is 6.65. The van der Waals surface area contributed by atoms with Crippen molar-refractivity contribution in [3.8, 4) is 11.1 Å². The first-order chi connectivity index (χ1) is 13.5. The Morgan fingerprint density at radius 3 is 2.54 bits per heavy atom. The maximum absolute atomic E-state index is 13.0. The van der Waals surface area contributed by atoms with Crippen molar-refractivity contribution in [1.82, 2.24) is 19.9 Å². The Balaban J connectivity index is 1.92. The number of rotatable bonds is 6. The molecule has 0 fully saturated rings. The monoisotopic (exact) mass is 376 g/mol. The molecular weight excluding hydrogens is 352 g/mol. The molecule has 0 aromatic carbocycles. The molecule has 3 aromatic rings. The Bertz CT molecular complexity index is 1030. The van der Waals surface area contributed by atoms with Crippen LogP contribution < -0.4 is 5.56 Å². The fraction of sp³-hybridized carbons (Fsp3) is 0.273. The van der Waals surface area contributed by atoms with Crippen molar-refractivity contribution in [3.63, 3.8) is 0 Å². The fourth-order valence-electron chi connectivity index (χ4n) is 3.15. The lowest BCUT2D eigenvalue weighted by atomic mass is 10.0. The molecule has 0 atom stereocenters. The van der Waals surface area contributed by atoms with Gasteiger partial charge in [-0.15, -0.1) is 0 Å². The number of aryl methyl sites for hydroxylation is 2. The SMILES string of the molecule is CCc1cc(-c2cncc(C(=O)N(CC)Cc3ccncc3)c2)c(C)[nH]c1=O. The van der Waals surface area contributed by atoms with Crippen molar-refractivity contribution in [2.45, 2.75) is 33.7 Å². The molecule has 6 nitrogen and oxygen atoms in total. The van der Waals surface area contributed by atoms with Crippen LogP contribution in [0.5, 0.6) is 0 Å². The maximum atomic E-state index is 13.0. The summed E-state index contributed by atoms with van der Waals surface area (Å²) in [6.45, 7) is 6.85. The third-order valence-electron chi connectivity index (χ3n) is 4.78. The Labute approximate surface area is 164 Å². The van der Waals surface area contributed by atoms with Gasteiger partial charge in [-0.2, -0.15) is 0 Å². The van der Waals surface area contributed by atoms with Crippen LogP contribution in [0.15, 0.2) is 53.8 Å². The van der Waals surface area contributed by atoms with Crippen LogP contribution in [0.25, 0.3) is 11.1 Å². The quantitative estimate of drug-likeness (QED) is 0.715. The average molecular weight is 376 g/mol. The molecule has 28 heavy (non-hydrogen) atoms. The van der Waals surface area contributed by atoms with Gasteiger partial charge in [0.15, 0.2) is 0 Å². The zero-order valence-electron chi connectivity index (χ0n) is 16.4. The molecule has 0 unspecified atom stereocenters. The van der Waals surface area contributed by atoms with Crippen molar-refractivity contribution >= 4 is 5.91 Å². The number of amides is 1. The van der Waals surface area contributed by atoms with Gasteiger partial charge >= 0.3 is 0 Å². The lowest BCUT2D eigenvalue weighted by molar-refractivity contribution is 0.0752. The molecule has 144 valence electrons. The minimum absolute atomic E-state index is 0.0709. The van der Waals surface area contributed by atoms with Crippen LogP contribution in [0, 0.1) is 6.92 Å². The number of aromatic nitrogens is 3. The summed E-state index contributed by atoms with van der Waals surface area (Å²) in [6.07, 6.45) is 7.39. The summed E-state index contributed by atoms with van der Waals surface area (Å²) < 4.78 is 0. The molecule has 3 heterocycles. The Morgan fingerprint density at radius 1 is 1.11 bits per heavy atom. The topological polar surface area (TPSA) is 79.0 Å². The summed E-state index contributed by atoms with van der Waals surface area (Å²) in [5.41, 5.74) is 4.65. The molecule has 3 rings (SSSR count).